The molecule has 0 aliphatic rings. The number of carboxylic acids is 1. The van der Waals surface area contributed by atoms with E-state index in [1.807, 2.05) is 6.26 Å². The van der Waals surface area contributed by atoms with Crippen LogP contribution in [0.4, 0.5) is 0 Å². The van der Waals surface area contributed by atoms with Crippen LogP contribution in [0.25, 0.3) is 10.9 Å². The molecule has 0 unspecified atom stereocenters. The van der Waals surface area contributed by atoms with Crippen molar-refractivity contribution in [3.8, 4) is 0 Å². The molecule has 2 aromatic rings. The van der Waals surface area contributed by atoms with E-state index in [0.717, 1.165) is 4.68 Å². The van der Waals surface area contributed by atoms with Crippen molar-refractivity contribution >= 4 is 34.5 Å². The van der Waals surface area contributed by atoms with Crippen LogP contribution < -0.4 is 10.9 Å². The quantitative estimate of drug-likeness (QED) is 0.738. The lowest BCUT2D eigenvalue weighted by Crippen LogP contribution is -2.44. The van der Waals surface area contributed by atoms with Gasteiger partial charge in [-0.1, -0.05) is 17.3 Å². The summed E-state index contributed by atoms with van der Waals surface area (Å²) < 4.78 is 0.922. The second-order valence-corrected chi connectivity index (χ2v) is 5.79. The fourth-order valence-corrected chi connectivity index (χ4v) is 2.47. The number of carboxylic acid groups (broad SMARTS) is 1. The summed E-state index contributed by atoms with van der Waals surface area (Å²) in [4.78, 5) is 35.3. The molecule has 1 heterocycles. The molecule has 0 fully saturated rings. The molecule has 1 aromatic carbocycles. The van der Waals surface area contributed by atoms with Gasteiger partial charge in [0.15, 0.2) is 0 Å². The van der Waals surface area contributed by atoms with Crippen LogP contribution in [0.15, 0.2) is 29.1 Å². The Labute approximate surface area is 135 Å². The standard InChI is InChI=1S/C14H16N4O4S/c1-23-7-6-11(14(21)22)15-12(19)8-18-13(20)9-4-2-3-5-10(9)16-17-18/h2-5,11H,6-8H2,1H3,(H,15,19)(H,21,22)/t11-/m0/s1. The maximum atomic E-state index is 12.2. The lowest BCUT2D eigenvalue weighted by atomic mass is 10.2. The summed E-state index contributed by atoms with van der Waals surface area (Å²) in [7, 11) is 0. The van der Waals surface area contributed by atoms with E-state index in [0.29, 0.717) is 23.1 Å². The van der Waals surface area contributed by atoms with Gasteiger partial charge in [-0.15, -0.1) is 5.10 Å². The highest BCUT2D eigenvalue weighted by atomic mass is 32.2. The monoisotopic (exact) mass is 336 g/mol. The Hall–Kier alpha value is -2.42. The largest absolute Gasteiger partial charge is 0.480 e. The normalized spacial score (nSPS) is 12.0. The number of carbonyl (C=O) groups excluding carboxylic acids is 1. The van der Waals surface area contributed by atoms with Crippen molar-refractivity contribution < 1.29 is 14.7 Å². The van der Waals surface area contributed by atoms with Gasteiger partial charge in [-0.2, -0.15) is 11.8 Å². The Morgan fingerprint density at radius 1 is 1.39 bits per heavy atom. The molecular formula is C14H16N4O4S. The van der Waals surface area contributed by atoms with Crippen molar-refractivity contribution in [2.45, 2.75) is 19.0 Å². The highest BCUT2D eigenvalue weighted by Gasteiger charge is 2.20. The van der Waals surface area contributed by atoms with Gasteiger partial charge in [-0.05, 0) is 30.6 Å². The molecule has 2 N–H and O–H groups in total. The second kappa shape index (κ2) is 7.73. The summed E-state index contributed by atoms with van der Waals surface area (Å²) in [6, 6.07) is 5.69. The summed E-state index contributed by atoms with van der Waals surface area (Å²) in [5.41, 5.74) is -0.000667. The first-order chi connectivity index (χ1) is 11.0. The van der Waals surface area contributed by atoms with E-state index in [9.17, 15) is 14.4 Å². The number of aromatic nitrogens is 3. The van der Waals surface area contributed by atoms with Crippen molar-refractivity contribution in [3.05, 3.63) is 34.6 Å². The first-order valence-electron chi connectivity index (χ1n) is 6.86. The van der Waals surface area contributed by atoms with Crippen molar-refractivity contribution in [1.82, 2.24) is 20.3 Å². The van der Waals surface area contributed by atoms with Gasteiger partial charge in [0.05, 0.1) is 5.39 Å². The van der Waals surface area contributed by atoms with Crippen LogP contribution in [-0.2, 0) is 16.1 Å². The number of fused-ring (bicyclic) bond motifs is 1. The molecule has 1 atom stereocenters. The fourth-order valence-electron chi connectivity index (χ4n) is 2.00. The van der Waals surface area contributed by atoms with E-state index in [1.165, 1.54) is 11.8 Å². The summed E-state index contributed by atoms with van der Waals surface area (Å²) in [5, 5.41) is 19.4. The molecule has 0 bridgehead atoms. The van der Waals surface area contributed by atoms with Crippen molar-refractivity contribution in [2.75, 3.05) is 12.0 Å². The average Bonchev–Trinajstić information content (AvgIpc) is 2.54. The predicted molar refractivity (Wildman–Crippen MR) is 86.4 cm³/mol. The van der Waals surface area contributed by atoms with Gasteiger partial charge in [0, 0.05) is 0 Å². The van der Waals surface area contributed by atoms with Gasteiger partial charge in [0.2, 0.25) is 5.91 Å². The number of hydrogen-bond donors (Lipinski definition) is 2. The summed E-state index contributed by atoms with van der Waals surface area (Å²) in [6.07, 6.45) is 2.16. The van der Waals surface area contributed by atoms with Gasteiger partial charge in [0.1, 0.15) is 18.1 Å². The molecule has 0 spiro atoms. The van der Waals surface area contributed by atoms with Crippen LogP contribution in [0.2, 0.25) is 0 Å². The second-order valence-electron chi connectivity index (χ2n) is 4.81. The summed E-state index contributed by atoms with van der Waals surface area (Å²) in [5.74, 6) is -1.10. The number of hydrogen-bond acceptors (Lipinski definition) is 6. The Balaban J connectivity index is 2.12. The van der Waals surface area contributed by atoms with Crippen LogP contribution in [0.1, 0.15) is 6.42 Å². The van der Waals surface area contributed by atoms with Crippen LogP contribution in [-0.4, -0.2) is 50.0 Å². The lowest BCUT2D eigenvalue weighted by Gasteiger charge is -2.14. The van der Waals surface area contributed by atoms with E-state index in [2.05, 4.69) is 15.6 Å². The lowest BCUT2D eigenvalue weighted by molar-refractivity contribution is -0.142. The Bertz CT molecular complexity index is 777. The molecule has 0 aliphatic heterocycles. The minimum Gasteiger partial charge on any atom is -0.480 e. The van der Waals surface area contributed by atoms with Crippen molar-refractivity contribution in [2.24, 2.45) is 0 Å². The number of benzene rings is 1. The van der Waals surface area contributed by atoms with Gasteiger partial charge < -0.3 is 10.4 Å². The molecule has 9 heteroatoms. The van der Waals surface area contributed by atoms with E-state index in [1.54, 1.807) is 24.3 Å². The number of aliphatic carboxylic acids is 1. The smallest absolute Gasteiger partial charge is 0.326 e. The molecule has 1 amide bonds. The molecule has 0 saturated heterocycles. The van der Waals surface area contributed by atoms with E-state index in [4.69, 9.17) is 5.11 Å². The maximum absolute atomic E-state index is 12.2. The minimum absolute atomic E-state index is 0.306. The molecule has 122 valence electrons. The molecular weight excluding hydrogens is 320 g/mol. The van der Waals surface area contributed by atoms with Crippen LogP contribution in [0.3, 0.4) is 0 Å². The highest BCUT2D eigenvalue weighted by molar-refractivity contribution is 7.98. The summed E-state index contributed by atoms with van der Waals surface area (Å²) >= 11 is 1.49. The zero-order valence-corrected chi connectivity index (χ0v) is 13.2. The zero-order valence-electron chi connectivity index (χ0n) is 12.4. The topological polar surface area (TPSA) is 114 Å². The Kier molecular flexibility index (Phi) is 5.69. The molecule has 0 aliphatic carbocycles. The van der Waals surface area contributed by atoms with Crippen LogP contribution >= 0.6 is 11.8 Å². The maximum Gasteiger partial charge on any atom is 0.326 e. The molecule has 0 saturated carbocycles. The molecule has 8 nitrogen and oxygen atoms in total. The van der Waals surface area contributed by atoms with Gasteiger partial charge >= 0.3 is 5.97 Å². The number of rotatable bonds is 7. The third-order valence-electron chi connectivity index (χ3n) is 3.17. The van der Waals surface area contributed by atoms with Crippen LogP contribution in [0, 0.1) is 0 Å². The van der Waals surface area contributed by atoms with Crippen molar-refractivity contribution in [3.63, 3.8) is 0 Å². The predicted octanol–water partition coefficient (Wildman–Crippen LogP) is 0.114. The van der Waals surface area contributed by atoms with Gasteiger partial charge in [-0.25, -0.2) is 9.48 Å². The molecule has 1 aromatic heterocycles. The Morgan fingerprint density at radius 3 is 2.83 bits per heavy atom. The first-order valence-corrected chi connectivity index (χ1v) is 8.26. The highest BCUT2D eigenvalue weighted by Crippen LogP contribution is 2.04. The first kappa shape index (κ1) is 16.9. The zero-order chi connectivity index (χ0) is 16.8. The van der Waals surface area contributed by atoms with E-state index < -0.39 is 23.5 Å². The van der Waals surface area contributed by atoms with Crippen molar-refractivity contribution in [1.29, 1.82) is 0 Å². The van der Waals surface area contributed by atoms with E-state index in [-0.39, 0.29) is 6.54 Å². The number of nitrogens with one attached hydrogen (secondary N) is 1. The van der Waals surface area contributed by atoms with Gasteiger partial charge in [0.25, 0.3) is 5.56 Å². The number of carbonyl (C=O) groups is 2. The summed E-state index contributed by atoms with van der Waals surface area (Å²) in [6.45, 7) is -0.375. The number of nitrogens with zero attached hydrogens (tertiary/aromatic N) is 3. The SMILES string of the molecule is CSCC[C@H](NC(=O)Cn1nnc2ccccc2c1=O)C(=O)O. The van der Waals surface area contributed by atoms with Crippen LogP contribution in [0.5, 0.6) is 0 Å². The number of thioether (sulfide) groups is 1. The van der Waals surface area contributed by atoms with E-state index >= 15 is 0 Å². The molecule has 23 heavy (non-hydrogen) atoms. The molecule has 2 rings (SSSR count). The average molecular weight is 336 g/mol. The third kappa shape index (κ3) is 4.28. The third-order valence-corrected chi connectivity index (χ3v) is 3.81. The number of amides is 1. The minimum atomic E-state index is -1.11. The Morgan fingerprint density at radius 2 is 2.13 bits per heavy atom. The molecule has 0 radical (unpaired) electrons. The van der Waals surface area contributed by atoms with Gasteiger partial charge in [-0.3, -0.25) is 9.59 Å². The fraction of sp³-hybridized carbons (Fsp3) is 0.357.